The second-order valence-corrected chi connectivity index (χ2v) is 8.97. The summed E-state index contributed by atoms with van der Waals surface area (Å²) in [5.41, 5.74) is 3.97. The predicted molar refractivity (Wildman–Crippen MR) is 141 cm³/mol. The van der Waals surface area contributed by atoms with Crippen LogP contribution in [0, 0.1) is 6.92 Å². The highest BCUT2D eigenvalue weighted by atomic mass is 79.9. The van der Waals surface area contributed by atoms with Crippen molar-refractivity contribution in [2.24, 2.45) is 4.99 Å². The summed E-state index contributed by atoms with van der Waals surface area (Å²) in [6.45, 7) is 2.46. The number of fused-ring (bicyclic) bond motifs is 1. The van der Waals surface area contributed by atoms with Gasteiger partial charge in [0.2, 0.25) is 5.90 Å². The van der Waals surface area contributed by atoms with Crippen molar-refractivity contribution in [1.82, 2.24) is 0 Å². The van der Waals surface area contributed by atoms with Crippen molar-refractivity contribution in [3.05, 3.63) is 111 Å². The first kappa shape index (κ1) is 22.9. The molecule has 0 saturated carbocycles. The number of hydrogen-bond donors (Lipinski definition) is 0. The van der Waals surface area contributed by atoms with Crippen molar-refractivity contribution in [3.63, 3.8) is 0 Å². The van der Waals surface area contributed by atoms with Gasteiger partial charge in [0.15, 0.2) is 17.2 Å². The highest BCUT2D eigenvalue weighted by Crippen LogP contribution is 2.38. The summed E-state index contributed by atoms with van der Waals surface area (Å²) in [6, 6.07) is 25.5. The maximum atomic E-state index is 12.6. The second-order valence-electron chi connectivity index (χ2n) is 8.11. The molecule has 5 nitrogen and oxygen atoms in total. The van der Waals surface area contributed by atoms with Gasteiger partial charge in [-0.15, -0.1) is 0 Å². The van der Waals surface area contributed by atoms with E-state index in [-0.39, 0.29) is 5.70 Å². The Morgan fingerprint density at radius 2 is 1.77 bits per heavy atom. The van der Waals surface area contributed by atoms with Crippen LogP contribution in [0.5, 0.6) is 11.5 Å². The number of methoxy groups -OCH3 is 1. The monoisotopic (exact) mass is 527 g/mol. The smallest absolute Gasteiger partial charge is 0.363 e. The summed E-state index contributed by atoms with van der Waals surface area (Å²) in [4.78, 5) is 17.1. The largest absolute Gasteiger partial charge is 0.493 e. The molecule has 0 bridgehead atoms. The zero-order valence-electron chi connectivity index (χ0n) is 19.2. The van der Waals surface area contributed by atoms with Gasteiger partial charge in [-0.2, -0.15) is 0 Å². The normalized spacial score (nSPS) is 14.2. The lowest BCUT2D eigenvalue weighted by Crippen LogP contribution is -2.05. The summed E-state index contributed by atoms with van der Waals surface area (Å²) in [6.07, 6.45) is 1.68. The van der Waals surface area contributed by atoms with Crippen molar-refractivity contribution < 1.29 is 19.0 Å². The summed E-state index contributed by atoms with van der Waals surface area (Å²) in [5, 5.41) is 2.03. The van der Waals surface area contributed by atoms with Gasteiger partial charge in [0.25, 0.3) is 0 Å². The molecule has 5 rings (SSSR count). The van der Waals surface area contributed by atoms with Crippen molar-refractivity contribution in [2.45, 2.75) is 13.5 Å². The average Bonchev–Trinajstić information content (AvgIpc) is 3.23. The molecule has 0 amide bonds. The van der Waals surface area contributed by atoms with Gasteiger partial charge in [-0.1, -0.05) is 60.7 Å². The third-order valence-corrected chi connectivity index (χ3v) is 6.42. The lowest BCUT2D eigenvalue weighted by atomic mass is 10.0. The molecule has 4 aromatic rings. The summed E-state index contributed by atoms with van der Waals surface area (Å²) in [7, 11) is 1.58. The van der Waals surface area contributed by atoms with E-state index in [2.05, 4.69) is 20.9 Å². The van der Waals surface area contributed by atoms with Crippen LogP contribution in [0.2, 0.25) is 0 Å². The number of carbonyl (C=O) groups excluding carboxylic acids is 1. The molecular formula is C29H22BrNO4. The molecule has 0 saturated heterocycles. The third-order valence-electron chi connectivity index (χ3n) is 5.83. The van der Waals surface area contributed by atoms with Gasteiger partial charge in [0.05, 0.1) is 11.6 Å². The minimum absolute atomic E-state index is 0.218. The maximum absolute atomic E-state index is 12.6. The average molecular weight is 528 g/mol. The fraction of sp³-hybridized carbons (Fsp3) is 0.103. The molecule has 4 aromatic carbocycles. The molecule has 35 heavy (non-hydrogen) atoms. The number of esters is 1. The Morgan fingerprint density at radius 3 is 2.60 bits per heavy atom. The van der Waals surface area contributed by atoms with Crippen LogP contribution in [0.25, 0.3) is 16.8 Å². The van der Waals surface area contributed by atoms with Crippen LogP contribution < -0.4 is 9.47 Å². The Balaban J connectivity index is 1.45. The number of halogens is 1. The van der Waals surface area contributed by atoms with E-state index >= 15 is 0 Å². The first-order chi connectivity index (χ1) is 17.0. The van der Waals surface area contributed by atoms with E-state index in [1.165, 1.54) is 0 Å². The molecule has 0 N–H and O–H groups in total. The molecule has 1 aliphatic rings. The van der Waals surface area contributed by atoms with Gasteiger partial charge >= 0.3 is 5.97 Å². The number of nitrogens with zero attached hydrogens (tertiary/aromatic N) is 1. The Bertz CT molecular complexity index is 1500. The Hall–Kier alpha value is -3.90. The van der Waals surface area contributed by atoms with Crippen molar-refractivity contribution in [1.29, 1.82) is 0 Å². The molecule has 0 unspecified atom stereocenters. The van der Waals surface area contributed by atoms with Crippen LogP contribution in [-0.2, 0) is 16.1 Å². The number of rotatable bonds is 6. The van der Waals surface area contributed by atoms with Gasteiger partial charge < -0.3 is 14.2 Å². The first-order valence-electron chi connectivity index (χ1n) is 11.1. The molecule has 0 aliphatic carbocycles. The van der Waals surface area contributed by atoms with E-state index in [1.54, 1.807) is 13.2 Å². The third kappa shape index (κ3) is 4.70. The number of hydrogen-bond acceptors (Lipinski definition) is 5. The summed E-state index contributed by atoms with van der Waals surface area (Å²) in [5.74, 6) is 0.932. The van der Waals surface area contributed by atoms with Crippen molar-refractivity contribution in [3.8, 4) is 11.5 Å². The van der Waals surface area contributed by atoms with E-state index < -0.39 is 5.97 Å². The van der Waals surface area contributed by atoms with E-state index in [4.69, 9.17) is 14.2 Å². The standard InChI is InChI=1S/C29H22BrNO4/c1-18-8-3-4-10-21(18)17-34-27-24(30)14-19(16-26(27)33-2)15-25-29(32)35-28(31-25)23-13-7-11-20-9-5-6-12-22(20)23/h3-16H,17H2,1-2H3/b25-15-. The molecule has 1 heterocycles. The highest BCUT2D eigenvalue weighted by Gasteiger charge is 2.25. The van der Waals surface area contributed by atoms with E-state index in [0.29, 0.717) is 28.5 Å². The van der Waals surface area contributed by atoms with E-state index in [1.807, 2.05) is 85.8 Å². The van der Waals surface area contributed by atoms with Gasteiger partial charge in [-0.25, -0.2) is 9.79 Å². The maximum Gasteiger partial charge on any atom is 0.363 e. The summed E-state index contributed by atoms with van der Waals surface area (Å²) < 4.78 is 17.9. The lowest BCUT2D eigenvalue weighted by Gasteiger charge is -2.14. The van der Waals surface area contributed by atoms with Crippen LogP contribution in [-0.4, -0.2) is 19.0 Å². The molecular weight excluding hydrogens is 506 g/mol. The topological polar surface area (TPSA) is 57.1 Å². The number of carbonyl (C=O) groups is 1. The molecule has 0 aromatic heterocycles. The molecule has 0 atom stereocenters. The predicted octanol–water partition coefficient (Wildman–Crippen LogP) is 6.84. The Kier molecular flexibility index (Phi) is 6.38. The molecule has 6 heteroatoms. The lowest BCUT2D eigenvalue weighted by molar-refractivity contribution is -0.129. The van der Waals surface area contributed by atoms with Crippen LogP contribution >= 0.6 is 15.9 Å². The molecule has 174 valence electrons. The molecule has 0 fully saturated rings. The molecule has 1 aliphatic heterocycles. The van der Waals surface area contributed by atoms with Crippen LogP contribution in [0.15, 0.2) is 94.0 Å². The highest BCUT2D eigenvalue weighted by molar-refractivity contribution is 9.10. The zero-order valence-corrected chi connectivity index (χ0v) is 20.8. The second kappa shape index (κ2) is 9.76. The quantitative estimate of drug-likeness (QED) is 0.203. The van der Waals surface area contributed by atoms with E-state index in [0.717, 1.165) is 33.0 Å². The number of ether oxygens (including phenoxy) is 3. The van der Waals surface area contributed by atoms with E-state index in [9.17, 15) is 4.79 Å². The SMILES string of the molecule is COc1cc(/C=C2\N=C(c3cccc4ccccc34)OC2=O)cc(Br)c1OCc1ccccc1C. The van der Waals surface area contributed by atoms with Gasteiger partial charge in [0.1, 0.15) is 6.61 Å². The number of benzene rings is 4. The number of aryl methyl sites for hydroxylation is 1. The molecule has 0 spiro atoms. The Morgan fingerprint density at radius 1 is 1.00 bits per heavy atom. The van der Waals surface area contributed by atoms with Crippen LogP contribution in [0.4, 0.5) is 0 Å². The van der Waals surface area contributed by atoms with Gasteiger partial charge in [-0.3, -0.25) is 0 Å². The number of cyclic esters (lactones) is 1. The van der Waals surface area contributed by atoms with Crippen molar-refractivity contribution >= 4 is 44.6 Å². The zero-order chi connectivity index (χ0) is 24.4. The van der Waals surface area contributed by atoms with Crippen molar-refractivity contribution in [2.75, 3.05) is 7.11 Å². The number of aliphatic imine (C=N–C) groups is 1. The van der Waals surface area contributed by atoms with Gasteiger partial charge in [0, 0.05) is 5.56 Å². The fourth-order valence-corrected chi connectivity index (χ4v) is 4.55. The minimum Gasteiger partial charge on any atom is -0.493 e. The van der Waals surface area contributed by atoms with Crippen LogP contribution in [0.3, 0.4) is 0 Å². The molecule has 0 radical (unpaired) electrons. The van der Waals surface area contributed by atoms with Crippen LogP contribution in [0.1, 0.15) is 22.3 Å². The first-order valence-corrected chi connectivity index (χ1v) is 11.9. The fourth-order valence-electron chi connectivity index (χ4n) is 3.98. The summed E-state index contributed by atoms with van der Waals surface area (Å²) >= 11 is 3.58. The minimum atomic E-state index is -0.497. The van der Waals surface area contributed by atoms with Gasteiger partial charge in [-0.05, 0) is 74.6 Å². The Labute approximate surface area is 211 Å².